The molecular weight excluding hydrogens is 255 g/mol. The zero-order chi connectivity index (χ0) is 13.9. The van der Waals surface area contributed by atoms with Crippen LogP contribution in [0.4, 0.5) is 10.1 Å². The lowest BCUT2D eigenvalue weighted by molar-refractivity contribution is 0.282. The van der Waals surface area contributed by atoms with E-state index in [1.807, 2.05) is 17.0 Å². The van der Waals surface area contributed by atoms with Crippen molar-refractivity contribution >= 4 is 5.69 Å². The van der Waals surface area contributed by atoms with E-state index in [9.17, 15) is 9.50 Å². The number of hydrogen-bond acceptors (Lipinski definition) is 3. The summed E-state index contributed by atoms with van der Waals surface area (Å²) in [6.07, 6.45) is 5.89. The number of nitrogens with one attached hydrogen (secondary N) is 1. The van der Waals surface area contributed by atoms with E-state index in [0.717, 1.165) is 24.9 Å². The molecule has 1 aromatic carbocycles. The monoisotopic (exact) mass is 278 g/mol. The molecular formula is C16H23FN2O. The van der Waals surface area contributed by atoms with Crippen LogP contribution in [0.2, 0.25) is 0 Å². The van der Waals surface area contributed by atoms with Crippen LogP contribution in [0.3, 0.4) is 0 Å². The Kier molecular flexibility index (Phi) is 4.22. The summed E-state index contributed by atoms with van der Waals surface area (Å²) in [4.78, 5) is 2.02. The Morgan fingerprint density at radius 3 is 2.60 bits per heavy atom. The Labute approximate surface area is 119 Å². The van der Waals surface area contributed by atoms with Gasteiger partial charge < -0.3 is 15.3 Å². The van der Waals surface area contributed by atoms with Gasteiger partial charge in [-0.05, 0) is 49.8 Å². The predicted molar refractivity (Wildman–Crippen MR) is 78.3 cm³/mol. The third kappa shape index (κ3) is 3.13. The smallest absolute Gasteiger partial charge is 0.146 e. The van der Waals surface area contributed by atoms with E-state index in [4.69, 9.17) is 0 Å². The Balaban J connectivity index is 1.70. The second-order valence-corrected chi connectivity index (χ2v) is 5.94. The van der Waals surface area contributed by atoms with Crippen molar-refractivity contribution in [2.75, 3.05) is 18.1 Å². The van der Waals surface area contributed by atoms with Gasteiger partial charge in [0.1, 0.15) is 5.82 Å². The quantitative estimate of drug-likeness (QED) is 0.804. The SMILES string of the molecule is OCCN(c1ccc(CNC2CC2)cc1F)C1CCC1. The van der Waals surface area contributed by atoms with Crippen molar-refractivity contribution in [3.8, 4) is 0 Å². The summed E-state index contributed by atoms with van der Waals surface area (Å²) in [5, 5.41) is 12.6. The number of benzene rings is 1. The maximum absolute atomic E-state index is 14.3. The molecule has 0 saturated heterocycles. The Morgan fingerprint density at radius 2 is 2.05 bits per heavy atom. The van der Waals surface area contributed by atoms with Gasteiger partial charge in [-0.1, -0.05) is 6.07 Å². The van der Waals surface area contributed by atoms with E-state index in [0.29, 0.717) is 24.3 Å². The highest BCUT2D eigenvalue weighted by molar-refractivity contribution is 5.50. The lowest BCUT2D eigenvalue weighted by Crippen LogP contribution is -2.42. The fourth-order valence-corrected chi connectivity index (χ4v) is 2.75. The maximum atomic E-state index is 14.3. The third-order valence-electron chi connectivity index (χ3n) is 4.35. The van der Waals surface area contributed by atoms with Crippen molar-refractivity contribution in [3.05, 3.63) is 29.6 Å². The van der Waals surface area contributed by atoms with E-state index in [1.54, 1.807) is 6.07 Å². The van der Waals surface area contributed by atoms with Crippen LogP contribution in [0.15, 0.2) is 18.2 Å². The minimum absolute atomic E-state index is 0.0704. The molecule has 2 saturated carbocycles. The number of aliphatic hydroxyl groups excluding tert-OH is 1. The molecule has 0 aliphatic heterocycles. The molecule has 3 nitrogen and oxygen atoms in total. The van der Waals surface area contributed by atoms with E-state index in [-0.39, 0.29) is 12.4 Å². The van der Waals surface area contributed by atoms with E-state index >= 15 is 0 Å². The minimum atomic E-state index is -0.166. The largest absolute Gasteiger partial charge is 0.395 e. The Hall–Kier alpha value is -1.13. The van der Waals surface area contributed by atoms with Crippen molar-refractivity contribution in [2.24, 2.45) is 0 Å². The van der Waals surface area contributed by atoms with Gasteiger partial charge in [0.2, 0.25) is 0 Å². The van der Waals surface area contributed by atoms with Crippen molar-refractivity contribution in [1.29, 1.82) is 0 Å². The molecule has 2 fully saturated rings. The topological polar surface area (TPSA) is 35.5 Å². The summed E-state index contributed by atoms with van der Waals surface area (Å²) in [7, 11) is 0. The first-order valence-corrected chi connectivity index (χ1v) is 7.67. The molecule has 4 heteroatoms. The molecule has 0 heterocycles. The molecule has 3 rings (SSSR count). The fourth-order valence-electron chi connectivity index (χ4n) is 2.75. The van der Waals surface area contributed by atoms with Gasteiger partial charge in [0.05, 0.1) is 12.3 Å². The standard InChI is InChI=1S/C16H23FN2O/c17-15-10-12(11-18-13-5-6-13)4-7-16(15)19(8-9-20)14-2-1-3-14/h4,7,10,13-14,18,20H,1-3,5-6,8-9,11H2. The van der Waals surface area contributed by atoms with Gasteiger partial charge in [0.25, 0.3) is 0 Å². The number of hydrogen-bond donors (Lipinski definition) is 2. The predicted octanol–water partition coefficient (Wildman–Crippen LogP) is 2.43. The first kappa shape index (κ1) is 13.8. The van der Waals surface area contributed by atoms with Crippen LogP contribution < -0.4 is 10.2 Å². The third-order valence-corrected chi connectivity index (χ3v) is 4.35. The van der Waals surface area contributed by atoms with Crippen LogP contribution in [-0.4, -0.2) is 30.3 Å². The van der Waals surface area contributed by atoms with Crippen molar-refractivity contribution in [2.45, 2.75) is 50.7 Å². The second-order valence-electron chi connectivity index (χ2n) is 5.94. The van der Waals surface area contributed by atoms with Crippen molar-refractivity contribution in [3.63, 3.8) is 0 Å². The number of nitrogens with zero attached hydrogens (tertiary/aromatic N) is 1. The Bertz CT molecular complexity index is 458. The average molecular weight is 278 g/mol. The van der Waals surface area contributed by atoms with E-state index in [2.05, 4.69) is 5.32 Å². The first-order valence-electron chi connectivity index (χ1n) is 7.67. The number of halogens is 1. The maximum Gasteiger partial charge on any atom is 0.146 e. The Morgan fingerprint density at radius 1 is 1.25 bits per heavy atom. The first-order chi connectivity index (χ1) is 9.78. The van der Waals surface area contributed by atoms with Gasteiger partial charge in [-0.2, -0.15) is 0 Å². The molecule has 0 bridgehead atoms. The van der Waals surface area contributed by atoms with E-state index < -0.39 is 0 Å². The molecule has 2 aliphatic rings. The minimum Gasteiger partial charge on any atom is -0.395 e. The number of rotatable bonds is 7. The molecule has 0 unspecified atom stereocenters. The van der Waals surface area contributed by atoms with Gasteiger partial charge in [-0.3, -0.25) is 0 Å². The van der Waals surface area contributed by atoms with Crippen molar-refractivity contribution < 1.29 is 9.50 Å². The van der Waals surface area contributed by atoms with Crippen LogP contribution >= 0.6 is 0 Å². The normalized spacial score (nSPS) is 18.9. The van der Waals surface area contributed by atoms with Crippen LogP contribution in [0.25, 0.3) is 0 Å². The molecule has 0 radical (unpaired) electrons. The summed E-state index contributed by atoms with van der Waals surface area (Å²) in [5.41, 5.74) is 1.63. The van der Waals surface area contributed by atoms with Gasteiger partial charge in [0, 0.05) is 25.2 Å². The summed E-state index contributed by atoms with van der Waals surface area (Å²) in [6, 6.07) is 6.53. The molecule has 20 heavy (non-hydrogen) atoms. The number of anilines is 1. The molecule has 2 N–H and O–H groups in total. The van der Waals surface area contributed by atoms with Crippen LogP contribution in [0.1, 0.15) is 37.7 Å². The molecule has 1 aromatic rings. The van der Waals surface area contributed by atoms with Crippen LogP contribution in [-0.2, 0) is 6.54 Å². The highest BCUT2D eigenvalue weighted by atomic mass is 19.1. The van der Waals surface area contributed by atoms with Crippen molar-refractivity contribution in [1.82, 2.24) is 5.32 Å². The fraction of sp³-hybridized carbons (Fsp3) is 0.625. The molecule has 0 aromatic heterocycles. The van der Waals surface area contributed by atoms with E-state index in [1.165, 1.54) is 19.3 Å². The highest BCUT2D eigenvalue weighted by Crippen LogP contribution is 2.31. The molecule has 2 aliphatic carbocycles. The van der Waals surface area contributed by atoms with Crippen LogP contribution in [0, 0.1) is 5.82 Å². The van der Waals surface area contributed by atoms with Gasteiger partial charge in [-0.25, -0.2) is 4.39 Å². The van der Waals surface area contributed by atoms with Gasteiger partial charge >= 0.3 is 0 Å². The molecule has 110 valence electrons. The summed E-state index contributed by atoms with van der Waals surface area (Å²) in [6.45, 7) is 1.33. The lowest BCUT2D eigenvalue weighted by atomic mass is 9.91. The zero-order valence-electron chi connectivity index (χ0n) is 11.8. The summed E-state index contributed by atoms with van der Waals surface area (Å²) >= 11 is 0. The molecule has 0 spiro atoms. The van der Waals surface area contributed by atoms with Gasteiger partial charge in [0.15, 0.2) is 0 Å². The highest BCUT2D eigenvalue weighted by Gasteiger charge is 2.26. The summed E-state index contributed by atoms with van der Waals surface area (Å²) in [5.74, 6) is -0.166. The summed E-state index contributed by atoms with van der Waals surface area (Å²) < 4.78 is 14.3. The van der Waals surface area contributed by atoms with Gasteiger partial charge in [-0.15, -0.1) is 0 Å². The molecule has 0 atom stereocenters. The lowest BCUT2D eigenvalue weighted by Gasteiger charge is -2.39. The van der Waals surface area contributed by atoms with Crippen LogP contribution in [0.5, 0.6) is 0 Å². The zero-order valence-corrected chi connectivity index (χ0v) is 11.8. The second kappa shape index (κ2) is 6.10. The molecule has 0 amide bonds. The average Bonchev–Trinajstić information content (AvgIpc) is 3.18. The number of aliphatic hydroxyl groups is 1.